The first-order valence-electron chi connectivity index (χ1n) is 9.78. The molecule has 0 aliphatic carbocycles. The van der Waals surface area contributed by atoms with Gasteiger partial charge in [0.15, 0.2) is 0 Å². The highest BCUT2D eigenvalue weighted by Gasteiger charge is 2.26. The molecule has 0 saturated carbocycles. The smallest absolute Gasteiger partial charge is 0.252 e. The van der Waals surface area contributed by atoms with Crippen LogP contribution in [0.3, 0.4) is 0 Å². The Kier molecular flexibility index (Phi) is 7.71. The van der Waals surface area contributed by atoms with Crippen LogP contribution in [0, 0.1) is 5.92 Å². The van der Waals surface area contributed by atoms with Crippen LogP contribution in [-0.2, 0) is 26.2 Å². The number of amides is 2. The van der Waals surface area contributed by atoms with Crippen LogP contribution in [0.2, 0.25) is 4.34 Å². The van der Waals surface area contributed by atoms with Gasteiger partial charge in [-0.1, -0.05) is 29.8 Å². The lowest BCUT2D eigenvalue weighted by Gasteiger charge is -2.31. The number of carbonyl (C=O) groups is 2. The Labute approximate surface area is 191 Å². The lowest BCUT2D eigenvalue weighted by molar-refractivity contribution is -0.123. The fraction of sp³-hybridized carbons (Fsp3) is 0.400. The van der Waals surface area contributed by atoms with Gasteiger partial charge in [0, 0.05) is 25.8 Å². The molecular weight excluding hydrogens is 460 g/mol. The normalized spacial score (nSPS) is 17.6. The van der Waals surface area contributed by atoms with E-state index in [9.17, 15) is 18.0 Å². The minimum absolute atomic E-state index is 0.0855. The zero-order chi connectivity index (χ0) is 22.6. The van der Waals surface area contributed by atoms with Crippen molar-refractivity contribution >= 4 is 50.5 Å². The molecule has 8 nitrogen and oxygen atoms in total. The van der Waals surface area contributed by atoms with Gasteiger partial charge in [0.2, 0.25) is 11.8 Å². The summed E-state index contributed by atoms with van der Waals surface area (Å²) >= 11 is 6.78. The van der Waals surface area contributed by atoms with E-state index in [0.717, 1.165) is 40.6 Å². The third kappa shape index (κ3) is 6.05. The Morgan fingerprint density at radius 3 is 2.71 bits per heavy atom. The van der Waals surface area contributed by atoms with Gasteiger partial charge in [-0.3, -0.25) is 14.5 Å². The van der Waals surface area contributed by atoms with E-state index < -0.39 is 15.9 Å². The number of benzene rings is 1. The number of anilines is 1. The van der Waals surface area contributed by atoms with Crippen LogP contribution >= 0.6 is 22.9 Å². The summed E-state index contributed by atoms with van der Waals surface area (Å²) in [6.07, 6.45) is 1.68. The van der Waals surface area contributed by atoms with Crippen LogP contribution in [-0.4, -0.2) is 56.1 Å². The molecule has 168 valence electrons. The lowest BCUT2D eigenvalue weighted by Crippen LogP contribution is -2.40. The largest absolute Gasteiger partial charge is 0.369 e. The molecule has 1 aromatic heterocycles. The van der Waals surface area contributed by atoms with Gasteiger partial charge in [-0.05, 0) is 43.1 Å². The SMILES string of the molecule is CN(CC(=O)Nc1ccccc1CN1CCCC(C(N)=O)C1)S(=O)(=O)c1ccc(Cl)s1. The maximum absolute atomic E-state index is 12.6. The Bertz CT molecular complexity index is 1060. The van der Waals surface area contributed by atoms with Crippen molar-refractivity contribution in [3.63, 3.8) is 0 Å². The van der Waals surface area contributed by atoms with Gasteiger partial charge in [-0.15, -0.1) is 11.3 Å². The molecule has 2 aromatic rings. The Balaban J connectivity index is 1.65. The molecule has 31 heavy (non-hydrogen) atoms. The predicted molar refractivity (Wildman–Crippen MR) is 121 cm³/mol. The van der Waals surface area contributed by atoms with Crippen molar-refractivity contribution in [2.75, 3.05) is 32.0 Å². The van der Waals surface area contributed by atoms with Gasteiger partial charge in [0.25, 0.3) is 10.0 Å². The summed E-state index contributed by atoms with van der Waals surface area (Å²) < 4.78 is 26.6. The number of thiophene rings is 1. The molecule has 0 spiro atoms. The third-order valence-electron chi connectivity index (χ3n) is 5.17. The average Bonchev–Trinajstić information content (AvgIpc) is 3.16. The summed E-state index contributed by atoms with van der Waals surface area (Å²) in [7, 11) is -2.44. The molecule has 1 saturated heterocycles. The number of carbonyl (C=O) groups excluding carboxylic acids is 2. The van der Waals surface area contributed by atoms with Crippen molar-refractivity contribution in [2.24, 2.45) is 11.7 Å². The van der Waals surface area contributed by atoms with Crippen LogP contribution in [0.4, 0.5) is 5.69 Å². The first kappa shape index (κ1) is 23.7. The number of rotatable bonds is 8. The Morgan fingerprint density at radius 1 is 1.29 bits per heavy atom. The average molecular weight is 485 g/mol. The van der Waals surface area contributed by atoms with E-state index in [0.29, 0.717) is 23.1 Å². The monoisotopic (exact) mass is 484 g/mol. The van der Waals surface area contributed by atoms with E-state index in [1.54, 1.807) is 12.1 Å². The van der Waals surface area contributed by atoms with E-state index >= 15 is 0 Å². The van der Waals surface area contributed by atoms with Crippen LogP contribution < -0.4 is 11.1 Å². The molecule has 3 rings (SSSR count). The number of para-hydroxylation sites is 1. The van der Waals surface area contributed by atoms with Crippen molar-refractivity contribution in [1.29, 1.82) is 0 Å². The summed E-state index contributed by atoms with van der Waals surface area (Å²) in [6.45, 7) is 1.65. The number of piperidine rings is 1. The minimum Gasteiger partial charge on any atom is -0.369 e. The van der Waals surface area contributed by atoms with Crippen molar-refractivity contribution < 1.29 is 18.0 Å². The van der Waals surface area contributed by atoms with Gasteiger partial charge >= 0.3 is 0 Å². The van der Waals surface area contributed by atoms with Crippen LogP contribution in [0.25, 0.3) is 0 Å². The number of sulfonamides is 1. The standard InChI is InChI=1S/C20H25ClN4O4S2/c1-24(31(28,29)19-9-8-17(21)30-19)13-18(26)23-16-7-3-2-5-14(16)11-25-10-4-6-15(12-25)20(22)27/h2-3,5,7-9,15H,4,6,10-13H2,1H3,(H2,22,27)(H,23,26). The third-order valence-corrected chi connectivity index (χ3v) is 8.67. The molecule has 2 amide bonds. The maximum atomic E-state index is 12.6. The van der Waals surface area contributed by atoms with Crippen molar-refractivity contribution in [2.45, 2.75) is 23.6 Å². The van der Waals surface area contributed by atoms with Gasteiger partial charge in [-0.2, -0.15) is 4.31 Å². The topological polar surface area (TPSA) is 113 Å². The summed E-state index contributed by atoms with van der Waals surface area (Å²) in [4.78, 5) is 26.2. The number of primary amides is 1. The number of halogens is 1. The number of likely N-dealkylation sites (tertiary alicyclic amines) is 1. The number of likely N-dealkylation sites (N-methyl/N-ethyl adjacent to an activating group) is 1. The van der Waals surface area contributed by atoms with Gasteiger partial charge in [0.1, 0.15) is 4.21 Å². The zero-order valence-corrected chi connectivity index (χ0v) is 19.5. The van der Waals surface area contributed by atoms with Gasteiger partial charge < -0.3 is 11.1 Å². The molecule has 1 unspecified atom stereocenters. The minimum atomic E-state index is -3.80. The van der Waals surface area contributed by atoms with Crippen molar-refractivity contribution in [3.05, 3.63) is 46.3 Å². The van der Waals surface area contributed by atoms with E-state index in [4.69, 9.17) is 17.3 Å². The first-order valence-corrected chi connectivity index (χ1v) is 12.4. The second-order valence-corrected chi connectivity index (χ2v) is 11.5. The summed E-state index contributed by atoms with van der Waals surface area (Å²) in [6, 6.07) is 10.3. The van der Waals surface area contributed by atoms with Gasteiger partial charge in [-0.25, -0.2) is 8.42 Å². The second kappa shape index (κ2) is 10.1. The molecule has 0 bridgehead atoms. The van der Waals surface area contributed by atoms with E-state index in [2.05, 4.69) is 10.2 Å². The lowest BCUT2D eigenvalue weighted by atomic mass is 9.97. The van der Waals surface area contributed by atoms with E-state index in [1.807, 2.05) is 12.1 Å². The molecule has 0 radical (unpaired) electrons. The number of nitrogens with one attached hydrogen (secondary N) is 1. The van der Waals surface area contributed by atoms with Crippen molar-refractivity contribution in [3.8, 4) is 0 Å². The molecule has 11 heteroatoms. The first-order chi connectivity index (χ1) is 14.7. The quantitative estimate of drug-likeness (QED) is 0.597. The summed E-state index contributed by atoms with van der Waals surface area (Å²) in [5, 5.41) is 2.81. The molecule has 3 N–H and O–H groups in total. The fourth-order valence-corrected chi connectivity index (χ4v) is 6.34. The number of nitrogens with two attached hydrogens (primary N) is 1. The molecule has 1 fully saturated rings. The van der Waals surface area contributed by atoms with E-state index in [1.165, 1.54) is 19.2 Å². The highest BCUT2D eigenvalue weighted by molar-refractivity contribution is 7.91. The molecule has 1 atom stereocenters. The number of nitrogens with zero attached hydrogens (tertiary/aromatic N) is 2. The predicted octanol–water partition coefficient (Wildman–Crippen LogP) is 2.36. The fourth-order valence-electron chi connectivity index (χ4n) is 3.52. The highest BCUT2D eigenvalue weighted by atomic mass is 35.5. The molecule has 1 aromatic carbocycles. The molecule has 1 aliphatic heterocycles. The van der Waals surface area contributed by atoms with Crippen LogP contribution in [0.15, 0.2) is 40.6 Å². The van der Waals surface area contributed by atoms with Gasteiger partial charge in [0.05, 0.1) is 16.8 Å². The highest BCUT2D eigenvalue weighted by Crippen LogP contribution is 2.27. The molecular formula is C20H25ClN4O4S2. The van der Waals surface area contributed by atoms with Crippen LogP contribution in [0.5, 0.6) is 0 Å². The summed E-state index contributed by atoms with van der Waals surface area (Å²) in [5.74, 6) is -0.905. The molecule has 2 heterocycles. The molecule has 1 aliphatic rings. The zero-order valence-electron chi connectivity index (χ0n) is 17.1. The summed E-state index contributed by atoms with van der Waals surface area (Å²) in [5.41, 5.74) is 6.96. The van der Waals surface area contributed by atoms with Crippen molar-refractivity contribution in [1.82, 2.24) is 9.21 Å². The van der Waals surface area contributed by atoms with E-state index in [-0.39, 0.29) is 22.6 Å². The second-order valence-electron chi connectivity index (χ2n) is 7.50. The number of hydrogen-bond donors (Lipinski definition) is 2. The maximum Gasteiger partial charge on any atom is 0.252 e. The number of hydrogen-bond acceptors (Lipinski definition) is 6. The Morgan fingerprint density at radius 2 is 2.03 bits per heavy atom. The Hall–Kier alpha value is -1.98. The van der Waals surface area contributed by atoms with Crippen LogP contribution in [0.1, 0.15) is 18.4 Å².